The van der Waals surface area contributed by atoms with Gasteiger partial charge >= 0.3 is 30.3 Å². The van der Waals surface area contributed by atoms with Gasteiger partial charge in [-0.1, -0.05) is 31.4 Å². The van der Waals surface area contributed by atoms with Crippen LogP contribution < -0.4 is 21.4 Å². The Morgan fingerprint density at radius 2 is 1.53 bits per heavy atom. The molecule has 0 radical (unpaired) electrons. The van der Waals surface area contributed by atoms with Crippen LogP contribution in [0.15, 0.2) is 78.3 Å². The molecule has 16 nitrogen and oxygen atoms in total. The van der Waals surface area contributed by atoms with Gasteiger partial charge in [0.2, 0.25) is 0 Å². The average Bonchev–Trinajstić information content (AvgIpc) is 3.03. The SMILES string of the molecule is C=CC(=O)OCCOC(=O)Nc1ccc(C)c(NC(=O)OCC(C)OC(=O)NC2=C(C)C=CC(=CC(=C)OCCOC(=O)NO)C2)c1. The summed E-state index contributed by atoms with van der Waals surface area (Å²) in [4.78, 5) is 58.8. The normalized spacial score (nSPS) is 13.4. The lowest BCUT2D eigenvalue weighted by molar-refractivity contribution is -0.138. The van der Waals surface area contributed by atoms with Crippen LogP contribution in [0.4, 0.5) is 30.6 Å². The number of hydrogen-bond acceptors (Lipinski definition) is 12. The van der Waals surface area contributed by atoms with Gasteiger partial charge in [-0.15, -0.1) is 0 Å². The summed E-state index contributed by atoms with van der Waals surface area (Å²) < 4.78 is 30.1. The van der Waals surface area contributed by atoms with Crippen LogP contribution in [-0.2, 0) is 33.2 Å². The molecule has 0 spiro atoms. The third-order valence-corrected chi connectivity index (χ3v) is 5.90. The van der Waals surface area contributed by atoms with Crippen molar-refractivity contribution in [3.8, 4) is 0 Å². The first kappa shape index (κ1) is 37.4. The Kier molecular flexibility index (Phi) is 15.6. The number of aryl methyl sites for hydroxylation is 1. The lowest BCUT2D eigenvalue weighted by atomic mass is 9.99. The number of hydroxylamine groups is 1. The summed E-state index contributed by atoms with van der Waals surface area (Å²) in [6, 6.07) is 4.75. The first-order chi connectivity index (χ1) is 22.4. The van der Waals surface area contributed by atoms with E-state index in [1.165, 1.54) is 11.5 Å². The third kappa shape index (κ3) is 14.7. The number of carbonyl (C=O) groups excluding carboxylic acids is 5. The maximum Gasteiger partial charge on any atom is 0.431 e. The summed E-state index contributed by atoms with van der Waals surface area (Å²) in [7, 11) is 0. The number of allylic oxidation sites excluding steroid dienone is 5. The minimum atomic E-state index is -1.00. The van der Waals surface area contributed by atoms with Crippen molar-refractivity contribution in [3.63, 3.8) is 0 Å². The van der Waals surface area contributed by atoms with E-state index >= 15 is 0 Å². The Morgan fingerprint density at radius 1 is 0.872 bits per heavy atom. The lowest BCUT2D eigenvalue weighted by Crippen LogP contribution is -2.31. The predicted molar refractivity (Wildman–Crippen MR) is 167 cm³/mol. The van der Waals surface area contributed by atoms with E-state index in [2.05, 4.69) is 33.8 Å². The van der Waals surface area contributed by atoms with Crippen LogP contribution in [0.5, 0.6) is 0 Å². The highest BCUT2D eigenvalue weighted by Gasteiger charge is 2.17. The van der Waals surface area contributed by atoms with Crippen LogP contribution in [0, 0.1) is 6.92 Å². The van der Waals surface area contributed by atoms with Gasteiger partial charge in [0.25, 0.3) is 0 Å². The predicted octanol–water partition coefficient (Wildman–Crippen LogP) is 4.74. The third-order valence-electron chi connectivity index (χ3n) is 5.90. The number of carbonyl (C=O) groups is 5. The highest BCUT2D eigenvalue weighted by atomic mass is 16.6. The van der Waals surface area contributed by atoms with Crippen molar-refractivity contribution in [3.05, 3.63) is 83.8 Å². The summed E-state index contributed by atoms with van der Waals surface area (Å²) in [5.41, 5.74) is 4.84. The fraction of sp³-hybridized carbons (Fsp3) is 0.323. The Morgan fingerprint density at radius 3 is 2.23 bits per heavy atom. The number of anilines is 2. The summed E-state index contributed by atoms with van der Waals surface area (Å²) in [5.74, 6) is -0.341. The number of alkyl carbamates (subject to hydrolysis) is 1. The molecule has 2 rings (SSSR count). The molecule has 0 saturated carbocycles. The zero-order valence-electron chi connectivity index (χ0n) is 26.2. The van der Waals surface area contributed by atoms with Gasteiger partial charge in [0, 0.05) is 29.6 Å². The molecule has 47 heavy (non-hydrogen) atoms. The van der Waals surface area contributed by atoms with Crippen LogP contribution in [0.25, 0.3) is 0 Å². The van der Waals surface area contributed by atoms with Crippen LogP contribution in [0.3, 0.4) is 0 Å². The molecular formula is C31H38N4O12. The van der Waals surface area contributed by atoms with Gasteiger partial charge < -0.3 is 28.4 Å². The van der Waals surface area contributed by atoms with Crippen molar-refractivity contribution >= 4 is 41.7 Å². The summed E-state index contributed by atoms with van der Waals surface area (Å²) in [5, 5.41) is 16.2. The number of hydrogen-bond donors (Lipinski definition) is 5. The largest absolute Gasteiger partial charge is 0.491 e. The molecule has 0 heterocycles. The maximum atomic E-state index is 12.5. The van der Waals surface area contributed by atoms with Gasteiger partial charge in [0.15, 0.2) is 0 Å². The fourth-order valence-corrected chi connectivity index (χ4v) is 3.60. The molecule has 0 aromatic heterocycles. The molecule has 0 bridgehead atoms. The molecule has 5 N–H and O–H groups in total. The first-order valence-electron chi connectivity index (χ1n) is 14.1. The smallest absolute Gasteiger partial charge is 0.431 e. The average molecular weight is 659 g/mol. The van der Waals surface area contributed by atoms with Crippen molar-refractivity contribution in [2.45, 2.75) is 33.3 Å². The molecule has 1 aromatic rings. The molecule has 1 aromatic carbocycles. The number of amides is 4. The molecule has 16 heteroatoms. The lowest BCUT2D eigenvalue weighted by Gasteiger charge is -2.19. The van der Waals surface area contributed by atoms with Crippen molar-refractivity contribution in [1.82, 2.24) is 10.8 Å². The molecule has 0 fully saturated rings. The maximum absolute atomic E-state index is 12.5. The van der Waals surface area contributed by atoms with E-state index in [1.54, 1.807) is 38.1 Å². The van der Waals surface area contributed by atoms with Crippen LogP contribution in [0.1, 0.15) is 25.8 Å². The monoisotopic (exact) mass is 658 g/mol. The van der Waals surface area contributed by atoms with E-state index < -0.39 is 36.4 Å². The second-order valence-electron chi connectivity index (χ2n) is 9.68. The summed E-state index contributed by atoms with van der Waals surface area (Å²) >= 11 is 0. The molecule has 1 atom stereocenters. The molecule has 0 aliphatic heterocycles. The Labute approximate surface area is 271 Å². The zero-order chi connectivity index (χ0) is 34.8. The number of rotatable bonds is 15. The first-order valence-corrected chi connectivity index (χ1v) is 14.1. The number of nitrogens with one attached hydrogen (secondary N) is 4. The van der Waals surface area contributed by atoms with Crippen LogP contribution in [-0.4, -0.2) is 74.7 Å². The van der Waals surface area contributed by atoms with E-state index in [-0.39, 0.29) is 33.0 Å². The van der Waals surface area contributed by atoms with Gasteiger partial charge in [-0.2, -0.15) is 0 Å². The Hall–Kier alpha value is -5.77. The van der Waals surface area contributed by atoms with Crippen LogP contribution in [0.2, 0.25) is 0 Å². The van der Waals surface area contributed by atoms with E-state index in [0.717, 1.165) is 17.2 Å². The van der Waals surface area contributed by atoms with Crippen molar-refractivity contribution in [2.24, 2.45) is 0 Å². The van der Waals surface area contributed by atoms with Crippen molar-refractivity contribution < 1.29 is 57.6 Å². The van der Waals surface area contributed by atoms with E-state index in [0.29, 0.717) is 34.8 Å². The zero-order valence-corrected chi connectivity index (χ0v) is 26.2. The van der Waals surface area contributed by atoms with E-state index in [1.807, 2.05) is 13.0 Å². The number of esters is 1. The van der Waals surface area contributed by atoms with Gasteiger partial charge in [-0.3, -0.25) is 21.2 Å². The van der Waals surface area contributed by atoms with Gasteiger partial charge in [0.05, 0.1) is 0 Å². The van der Waals surface area contributed by atoms with Crippen molar-refractivity contribution in [2.75, 3.05) is 43.7 Å². The standard InChI is InChI=1S/C31H38N4O12/c1-6-27(36)43-12-14-44-28(37)32-24-10-8-20(3)26(17-24)33-29(38)46-18-22(5)47-30(39)34-25-16-23(9-7-19(25)2)15-21(4)42-11-13-45-31(40)35-41/h6-10,15,17,22,41H,1,4,11-14,16,18H2,2-3,5H3,(H,32,37)(H,33,38)(H,34,39)(H,35,40). The number of benzene rings is 1. The highest BCUT2D eigenvalue weighted by molar-refractivity contribution is 5.89. The molecular weight excluding hydrogens is 620 g/mol. The minimum Gasteiger partial charge on any atom is -0.491 e. The second-order valence-corrected chi connectivity index (χ2v) is 9.68. The molecule has 0 saturated heterocycles. The quantitative estimate of drug-likeness (QED) is 0.0329. The van der Waals surface area contributed by atoms with Gasteiger partial charge in [0.1, 0.15) is 44.9 Å². The van der Waals surface area contributed by atoms with E-state index in [9.17, 15) is 24.0 Å². The summed E-state index contributed by atoms with van der Waals surface area (Å²) in [6.45, 7) is 11.5. The molecule has 254 valence electrons. The van der Waals surface area contributed by atoms with Crippen LogP contribution >= 0.6 is 0 Å². The number of ether oxygens (including phenoxy) is 6. The van der Waals surface area contributed by atoms with Gasteiger partial charge in [-0.05, 0) is 55.7 Å². The molecule has 1 aliphatic rings. The topological polar surface area (TPSA) is 209 Å². The minimum absolute atomic E-state index is 0.0167. The fourth-order valence-electron chi connectivity index (χ4n) is 3.60. The Bertz CT molecular complexity index is 1430. The van der Waals surface area contributed by atoms with Gasteiger partial charge in [-0.25, -0.2) is 29.5 Å². The Balaban J connectivity index is 1.78. The second kappa shape index (κ2) is 19.6. The van der Waals surface area contributed by atoms with E-state index in [4.69, 9.17) is 28.9 Å². The molecule has 1 aliphatic carbocycles. The molecule has 4 amide bonds. The molecule has 1 unspecified atom stereocenters. The summed E-state index contributed by atoms with van der Waals surface area (Å²) in [6.07, 6.45) is 2.45. The highest BCUT2D eigenvalue weighted by Crippen LogP contribution is 2.23. The van der Waals surface area contributed by atoms with Crippen molar-refractivity contribution in [1.29, 1.82) is 0 Å².